The molecule has 0 aromatic heterocycles. The number of hydrogen-bond donors (Lipinski definition) is 2. The fourth-order valence-electron chi connectivity index (χ4n) is 5.85. The Morgan fingerprint density at radius 3 is 2.58 bits per heavy atom. The second-order valence-corrected chi connectivity index (χ2v) is 11.4. The molecule has 3 aliphatic heterocycles. The van der Waals surface area contributed by atoms with Gasteiger partial charge in [-0.1, -0.05) is 31.5 Å². The lowest BCUT2D eigenvalue weighted by molar-refractivity contribution is -0.149. The monoisotopic (exact) mass is 492 g/mol. The summed E-state index contributed by atoms with van der Waals surface area (Å²) in [5.74, 6) is -3.34. The summed E-state index contributed by atoms with van der Waals surface area (Å²) in [6.07, 6.45) is 2.86. The molecule has 2 unspecified atom stereocenters. The number of rotatable bonds is 8. The molecule has 0 saturated carbocycles. The van der Waals surface area contributed by atoms with E-state index >= 15 is 0 Å². The van der Waals surface area contributed by atoms with Crippen LogP contribution in [0.1, 0.15) is 26.7 Å². The van der Waals surface area contributed by atoms with Crippen LogP contribution < -0.4 is 4.90 Å². The molecule has 33 heavy (non-hydrogen) atoms. The number of carboxylic acids is 1. The van der Waals surface area contributed by atoms with E-state index in [1.807, 2.05) is 13.8 Å². The Hall–Kier alpha value is -2.03. The Bertz CT molecular complexity index is 970. The summed E-state index contributed by atoms with van der Waals surface area (Å²) >= 11 is 7.53. The molecule has 3 heterocycles. The Labute approximate surface area is 202 Å². The van der Waals surface area contributed by atoms with Gasteiger partial charge < -0.3 is 20.0 Å². The molecule has 4 rings (SSSR count). The quantitative estimate of drug-likeness (QED) is 0.541. The first-order chi connectivity index (χ1) is 15.7. The predicted molar refractivity (Wildman–Crippen MR) is 128 cm³/mol. The van der Waals surface area contributed by atoms with Gasteiger partial charge in [0.05, 0.1) is 29.2 Å². The zero-order chi connectivity index (χ0) is 24.1. The van der Waals surface area contributed by atoms with Gasteiger partial charge in [0, 0.05) is 22.5 Å². The van der Waals surface area contributed by atoms with E-state index in [-0.39, 0.29) is 36.1 Å². The summed E-state index contributed by atoms with van der Waals surface area (Å²) in [6, 6.07) is 5.41. The normalized spacial score (nSPS) is 31.1. The zero-order valence-corrected chi connectivity index (χ0v) is 20.3. The number of aliphatic hydroxyl groups is 1. The maximum Gasteiger partial charge on any atom is 0.308 e. The molecule has 0 aliphatic carbocycles. The molecule has 1 aromatic rings. The maximum absolute atomic E-state index is 14.2. The van der Waals surface area contributed by atoms with Crippen LogP contribution in [-0.4, -0.2) is 68.1 Å². The molecule has 2 amide bonds. The molecule has 1 aromatic carbocycles. The standard InChI is InChI=1S/C24H29ClN2O5S/c1-4-11-26(15-7-5-14(25)6-8-15)22(30)20-24-10-9-17(33-24)18(23(31)32)19(24)21(29)27(20)16(12-28)13(2)3/h4-8,13,16-20,28H,1,9-12H2,2-3H3,(H,31,32)/t16-,17-,18+,19-,20?,24?/m0/s1. The van der Waals surface area contributed by atoms with Gasteiger partial charge in [-0.25, -0.2) is 0 Å². The first-order valence-electron chi connectivity index (χ1n) is 11.2. The fraction of sp³-hybridized carbons (Fsp3) is 0.542. The second kappa shape index (κ2) is 8.96. The third kappa shape index (κ3) is 3.67. The van der Waals surface area contributed by atoms with Gasteiger partial charge in [0.2, 0.25) is 5.91 Å². The number of thioether (sulfide) groups is 1. The maximum atomic E-state index is 14.2. The third-order valence-electron chi connectivity index (χ3n) is 7.29. The fourth-order valence-corrected chi connectivity index (χ4v) is 8.17. The first-order valence-corrected chi connectivity index (χ1v) is 12.4. The van der Waals surface area contributed by atoms with Gasteiger partial charge in [-0.2, -0.15) is 0 Å². The molecule has 7 nitrogen and oxygen atoms in total. The number of carbonyl (C=O) groups is 3. The van der Waals surface area contributed by atoms with E-state index in [1.54, 1.807) is 35.2 Å². The predicted octanol–water partition coefficient (Wildman–Crippen LogP) is 3.05. The van der Waals surface area contributed by atoms with Gasteiger partial charge in [0.1, 0.15) is 6.04 Å². The number of fused-ring (bicyclic) bond motifs is 1. The minimum absolute atomic E-state index is 0.113. The lowest BCUT2D eigenvalue weighted by atomic mass is 9.71. The molecule has 1 spiro atoms. The van der Waals surface area contributed by atoms with Crippen molar-refractivity contribution < 1.29 is 24.6 Å². The summed E-state index contributed by atoms with van der Waals surface area (Å²) in [4.78, 5) is 43.3. The van der Waals surface area contributed by atoms with Crippen LogP contribution in [-0.2, 0) is 14.4 Å². The lowest BCUT2D eigenvalue weighted by Gasteiger charge is -2.40. The summed E-state index contributed by atoms with van der Waals surface area (Å²) in [6.45, 7) is 7.49. The Morgan fingerprint density at radius 2 is 2.03 bits per heavy atom. The molecule has 2 N–H and O–H groups in total. The number of benzene rings is 1. The number of carbonyl (C=O) groups excluding carboxylic acids is 2. The smallest absolute Gasteiger partial charge is 0.308 e. The Kier molecular flexibility index (Phi) is 6.55. The summed E-state index contributed by atoms with van der Waals surface area (Å²) in [5, 5.41) is 20.5. The van der Waals surface area contributed by atoms with Crippen molar-refractivity contribution in [3.05, 3.63) is 41.9 Å². The second-order valence-electron chi connectivity index (χ2n) is 9.35. The van der Waals surface area contributed by atoms with Crippen LogP contribution in [0.25, 0.3) is 0 Å². The van der Waals surface area contributed by atoms with Crippen LogP contribution >= 0.6 is 23.4 Å². The summed E-state index contributed by atoms with van der Waals surface area (Å²) < 4.78 is -0.823. The van der Waals surface area contributed by atoms with Crippen molar-refractivity contribution in [2.45, 2.75) is 48.8 Å². The zero-order valence-electron chi connectivity index (χ0n) is 18.7. The molecule has 6 atom stereocenters. The highest BCUT2D eigenvalue weighted by atomic mass is 35.5. The molecule has 178 valence electrons. The number of anilines is 1. The van der Waals surface area contributed by atoms with Crippen LogP contribution in [0.4, 0.5) is 5.69 Å². The number of amides is 2. The number of hydrogen-bond acceptors (Lipinski definition) is 5. The van der Waals surface area contributed by atoms with Gasteiger partial charge in [-0.3, -0.25) is 14.4 Å². The minimum Gasteiger partial charge on any atom is -0.481 e. The van der Waals surface area contributed by atoms with E-state index in [9.17, 15) is 24.6 Å². The van der Waals surface area contributed by atoms with Crippen molar-refractivity contribution in [1.29, 1.82) is 0 Å². The summed E-state index contributed by atoms with van der Waals surface area (Å²) in [5.41, 5.74) is 0.619. The van der Waals surface area contributed by atoms with Crippen LogP contribution in [0, 0.1) is 17.8 Å². The van der Waals surface area contributed by atoms with E-state index < -0.39 is 34.6 Å². The molecular formula is C24H29ClN2O5S. The van der Waals surface area contributed by atoms with Crippen molar-refractivity contribution in [1.82, 2.24) is 4.90 Å². The highest BCUT2D eigenvalue weighted by Crippen LogP contribution is 2.66. The Morgan fingerprint density at radius 1 is 1.36 bits per heavy atom. The molecule has 2 bridgehead atoms. The average Bonchev–Trinajstić information content (AvgIpc) is 3.41. The van der Waals surface area contributed by atoms with Gasteiger partial charge in [-0.05, 0) is 43.0 Å². The van der Waals surface area contributed by atoms with Crippen molar-refractivity contribution in [3.63, 3.8) is 0 Å². The van der Waals surface area contributed by atoms with Crippen molar-refractivity contribution in [3.8, 4) is 0 Å². The largest absolute Gasteiger partial charge is 0.481 e. The topological polar surface area (TPSA) is 98.2 Å². The average molecular weight is 493 g/mol. The van der Waals surface area contributed by atoms with Gasteiger partial charge in [0.15, 0.2) is 0 Å². The number of likely N-dealkylation sites (tertiary alicyclic amines) is 1. The number of aliphatic carboxylic acids is 1. The van der Waals surface area contributed by atoms with E-state index in [0.29, 0.717) is 23.6 Å². The van der Waals surface area contributed by atoms with Crippen molar-refractivity contribution in [2.24, 2.45) is 17.8 Å². The molecule has 0 radical (unpaired) electrons. The van der Waals surface area contributed by atoms with Gasteiger partial charge in [-0.15, -0.1) is 18.3 Å². The highest BCUT2D eigenvalue weighted by molar-refractivity contribution is 8.02. The van der Waals surface area contributed by atoms with Gasteiger partial charge in [0.25, 0.3) is 5.91 Å². The summed E-state index contributed by atoms with van der Waals surface area (Å²) in [7, 11) is 0. The molecule has 3 aliphatic rings. The number of aliphatic hydroxyl groups excluding tert-OH is 1. The van der Waals surface area contributed by atoms with E-state index in [2.05, 4.69) is 6.58 Å². The first kappa shape index (κ1) is 24.1. The third-order valence-corrected chi connectivity index (χ3v) is 9.49. The number of carboxylic acid groups (broad SMARTS) is 1. The minimum atomic E-state index is -0.994. The molecule has 3 saturated heterocycles. The molecular weight excluding hydrogens is 464 g/mol. The molecule has 3 fully saturated rings. The Balaban J connectivity index is 1.84. The van der Waals surface area contributed by atoms with Crippen molar-refractivity contribution in [2.75, 3.05) is 18.1 Å². The van der Waals surface area contributed by atoms with E-state index in [0.717, 1.165) is 0 Å². The van der Waals surface area contributed by atoms with Crippen LogP contribution in [0.5, 0.6) is 0 Å². The SMILES string of the molecule is C=CCN(C(=O)C1N([C@@H](CO)C(C)C)C(=O)[C@@H]2[C@H](C(=O)O)[C@@H]3CCC12S3)c1ccc(Cl)cc1. The van der Waals surface area contributed by atoms with Crippen molar-refractivity contribution >= 4 is 46.8 Å². The number of halogens is 1. The van der Waals surface area contributed by atoms with Crippen LogP contribution in [0.15, 0.2) is 36.9 Å². The van der Waals surface area contributed by atoms with E-state index in [4.69, 9.17) is 11.6 Å². The molecule has 9 heteroatoms. The lowest BCUT2D eigenvalue weighted by Crippen LogP contribution is -2.58. The highest BCUT2D eigenvalue weighted by Gasteiger charge is 2.74. The van der Waals surface area contributed by atoms with Crippen LogP contribution in [0.2, 0.25) is 5.02 Å². The van der Waals surface area contributed by atoms with E-state index in [1.165, 1.54) is 16.7 Å². The van der Waals surface area contributed by atoms with Crippen LogP contribution in [0.3, 0.4) is 0 Å². The van der Waals surface area contributed by atoms with Gasteiger partial charge >= 0.3 is 5.97 Å². The number of nitrogens with zero attached hydrogens (tertiary/aromatic N) is 2.